The minimum absolute atomic E-state index is 0.0913. The fourth-order valence-corrected chi connectivity index (χ4v) is 2.81. The van der Waals surface area contributed by atoms with Crippen molar-refractivity contribution in [1.29, 1.82) is 0 Å². The molecule has 1 heterocycles. The molecule has 18 heavy (non-hydrogen) atoms. The summed E-state index contributed by atoms with van der Waals surface area (Å²) in [6.07, 6.45) is 0.927. The second-order valence-electron chi connectivity index (χ2n) is 4.66. The number of carbonyl (C=O) groups excluding carboxylic acids is 1. The third kappa shape index (κ3) is 2.86. The lowest BCUT2D eigenvalue weighted by Crippen LogP contribution is -2.43. The highest BCUT2D eigenvalue weighted by Crippen LogP contribution is 2.25. The largest absolute Gasteiger partial charge is 0.337 e. The molecule has 1 aliphatic heterocycles. The first-order chi connectivity index (χ1) is 8.49. The van der Waals surface area contributed by atoms with Gasteiger partial charge in [-0.05, 0) is 30.5 Å². The monoisotopic (exact) mass is 333 g/mol. The van der Waals surface area contributed by atoms with Crippen molar-refractivity contribution in [3.63, 3.8) is 0 Å². The minimum Gasteiger partial charge on any atom is -0.337 e. The summed E-state index contributed by atoms with van der Waals surface area (Å²) in [5.74, 6) is -0.290. The van der Waals surface area contributed by atoms with Crippen molar-refractivity contribution in [2.75, 3.05) is 13.1 Å². The maximum absolute atomic E-state index is 13.7. The second-order valence-corrected chi connectivity index (χ2v) is 6.27. The lowest BCUT2D eigenvalue weighted by atomic mass is 9.98. The zero-order valence-corrected chi connectivity index (χ0v) is 12.3. The molecule has 0 radical (unpaired) electrons. The molecule has 1 aromatic carbocycles. The van der Waals surface area contributed by atoms with Gasteiger partial charge in [0, 0.05) is 22.9 Å². The Morgan fingerprint density at radius 1 is 1.56 bits per heavy atom. The summed E-state index contributed by atoms with van der Waals surface area (Å²) in [7, 11) is 0. The first-order valence-electron chi connectivity index (χ1n) is 5.87. The van der Waals surface area contributed by atoms with Crippen LogP contribution in [0, 0.1) is 11.7 Å². The molecule has 2 rings (SSSR count). The van der Waals surface area contributed by atoms with Crippen LogP contribution in [-0.4, -0.2) is 28.7 Å². The topological polar surface area (TPSA) is 20.3 Å². The minimum atomic E-state index is -0.558. The Hall–Kier alpha value is -0.610. The summed E-state index contributed by atoms with van der Waals surface area (Å²) in [6.45, 7) is 3.43. The number of likely N-dealkylation sites (tertiary alicyclic amines) is 1. The van der Waals surface area contributed by atoms with Crippen LogP contribution in [0.4, 0.5) is 4.39 Å². The number of amides is 1. The molecule has 0 aliphatic carbocycles. The van der Waals surface area contributed by atoms with Gasteiger partial charge in [-0.3, -0.25) is 4.79 Å². The lowest BCUT2D eigenvalue weighted by molar-refractivity contribution is 0.0701. The summed E-state index contributed by atoms with van der Waals surface area (Å²) in [4.78, 5) is 14.2. The second kappa shape index (κ2) is 5.57. The summed E-state index contributed by atoms with van der Waals surface area (Å²) >= 11 is 9.23. The molecular weight excluding hydrogens is 321 g/mol. The van der Waals surface area contributed by atoms with E-state index in [0.29, 0.717) is 24.0 Å². The van der Waals surface area contributed by atoms with Gasteiger partial charge < -0.3 is 4.90 Å². The fourth-order valence-electron chi connectivity index (χ4n) is 2.04. The molecule has 98 valence electrons. The maximum Gasteiger partial charge on any atom is 0.256 e. The smallest absolute Gasteiger partial charge is 0.256 e. The van der Waals surface area contributed by atoms with E-state index >= 15 is 0 Å². The molecule has 0 bridgehead atoms. The van der Waals surface area contributed by atoms with Gasteiger partial charge in [-0.1, -0.05) is 34.5 Å². The van der Waals surface area contributed by atoms with Gasteiger partial charge in [0.2, 0.25) is 0 Å². The summed E-state index contributed by atoms with van der Waals surface area (Å²) in [5, 5.41) is 0.301. The van der Waals surface area contributed by atoms with Crippen molar-refractivity contribution in [3.05, 3.63) is 34.6 Å². The molecule has 1 amide bonds. The number of benzene rings is 1. The molecule has 2 nitrogen and oxygen atoms in total. The molecule has 0 saturated carbocycles. The van der Waals surface area contributed by atoms with Gasteiger partial charge in [0.05, 0.1) is 5.56 Å². The number of alkyl halides is 1. The molecule has 1 aliphatic rings. The average Bonchev–Trinajstić information content (AvgIpc) is 2.32. The predicted molar refractivity (Wildman–Crippen MR) is 73.8 cm³/mol. The standard InChI is InChI=1S/C13H14BrClFNO/c1-8-4-5-17(7-11(8)14)13(18)10-3-2-9(15)6-12(10)16/h2-3,6,8,11H,4-5,7H2,1H3. The Morgan fingerprint density at radius 2 is 2.28 bits per heavy atom. The van der Waals surface area contributed by atoms with Crippen molar-refractivity contribution in [1.82, 2.24) is 4.90 Å². The van der Waals surface area contributed by atoms with Crippen LogP contribution in [0.25, 0.3) is 0 Å². The van der Waals surface area contributed by atoms with Crippen LogP contribution < -0.4 is 0 Å². The highest BCUT2D eigenvalue weighted by Gasteiger charge is 2.28. The van der Waals surface area contributed by atoms with E-state index in [4.69, 9.17) is 11.6 Å². The highest BCUT2D eigenvalue weighted by molar-refractivity contribution is 9.09. The van der Waals surface area contributed by atoms with Crippen LogP contribution in [0.3, 0.4) is 0 Å². The van der Waals surface area contributed by atoms with Crippen molar-refractivity contribution < 1.29 is 9.18 Å². The van der Waals surface area contributed by atoms with Crippen LogP contribution in [0.5, 0.6) is 0 Å². The van der Waals surface area contributed by atoms with Crippen LogP contribution in [0.1, 0.15) is 23.7 Å². The number of piperidine rings is 1. The predicted octanol–water partition coefficient (Wildman–Crippen LogP) is 3.72. The van der Waals surface area contributed by atoms with Crippen LogP contribution in [0.15, 0.2) is 18.2 Å². The Kier molecular flexibility index (Phi) is 4.28. The first kappa shape index (κ1) is 13.8. The molecule has 2 unspecified atom stereocenters. The number of hydrogen-bond donors (Lipinski definition) is 0. The molecule has 1 saturated heterocycles. The third-order valence-electron chi connectivity index (χ3n) is 3.32. The highest BCUT2D eigenvalue weighted by atomic mass is 79.9. The van der Waals surface area contributed by atoms with Gasteiger partial charge in [0.15, 0.2) is 0 Å². The first-order valence-corrected chi connectivity index (χ1v) is 7.17. The van der Waals surface area contributed by atoms with Crippen molar-refractivity contribution >= 4 is 33.4 Å². The number of halogens is 3. The number of hydrogen-bond acceptors (Lipinski definition) is 1. The van der Waals surface area contributed by atoms with Gasteiger partial charge in [-0.2, -0.15) is 0 Å². The van der Waals surface area contributed by atoms with Crippen molar-refractivity contribution in [3.8, 4) is 0 Å². The van der Waals surface area contributed by atoms with E-state index in [1.807, 2.05) is 0 Å². The normalized spacial score (nSPS) is 24.1. The zero-order chi connectivity index (χ0) is 13.3. The van der Waals surface area contributed by atoms with Crippen LogP contribution in [0.2, 0.25) is 5.02 Å². The molecule has 0 aromatic heterocycles. The molecule has 0 spiro atoms. The fraction of sp³-hybridized carbons (Fsp3) is 0.462. The average molecular weight is 335 g/mol. The summed E-state index contributed by atoms with van der Waals surface area (Å²) < 4.78 is 13.7. The van der Waals surface area contributed by atoms with E-state index in [-0.39, 0.29) is 16.3 Å². The Balaban J connectivity index is 2.16. The van der Waals surface area contributed by atoms with E-state index in [1.165, 1.54) is 18.2 Å². The SMILES string of the molecule is CC1CCN(C(=O)c2ccc(Cl)cc2F)CC1Br. The van der Waals surface area contributed by atoms with E-state index in [2.05, 4.69) is 22.9 Å². The lowest BCUT2D eigenvalue weighted by Gasteiger charge is -2.34. The Morgan fingerprint density at radius 3 is 2.89 bits per heavy atom. The molecule has 2 atom stereocenters. The third-order valence-corrected chi connectivity index (χ3v) is 4.74. The summed E-state index contributed by atoms with van der Waals surface area (Å²) in [6, 6.07) is 4.16. The van der Waals surface area contributed by atoms with Gasteiger partial charge in [-0.25, -0.2) is 4.39 Å². The summed E-state index contributed by atoms with van der Waals surface area (Å²) in [5.41, 5.74) is 0.0913. The van der Waals surface area contributed by atoms with E-state index in [1.54, 1.807) is 4.90 Å². The number of nitrogens with zero attached hydrogens (tertiary/aromatic N) is 1. The van der Waals surface area contributed by atoms with Gasteiger partial charge >= 0.3 is 0 Å². The van der Waals surface area contributed by atoms with Gasteiger partial charge in [0.1, 0.15) is 5.82 Å². The van der Waals surface area contributed by atoms with Crippen LogP contribution in [-0.2, 0) is 0 Å². The molecule has 0 N–H and O–H groups in total. The van der Waals surface area contributed by atoms with Crippen molar-refractivity contribution in [2.45, 2.75) is 18.2 Å². The number of carbonyl (C=O) groups is 1. The molecule has 1 fully saturated rings. The maximum atomic E-state index is 13.7. The van der Waals surface area contributed by atoms with Crippen molar-refractivity contribution in [2.24, 2.45) is 5.92 Å². The van der Waals surface area contributed by atoms with E-state index < -0.39 is 5.82 Å². The van der Waals surface area contributed by atoms with Crippen LogP contribution >= 0.6 is 27.5 Å². The Labute approximate surface area is 119 Å². The number of rotatable bonds is 1. The zero-order valence-electron chi connectivity index (χ0n) is 10.00. The Bertz CT molecular complexity index is 468. The molecular formula is C13H14BrClFNO. The van der Waals surface area contributed by atoms with E-state index in [9.17, 15) is 9.18 Å². The van der Waals surface area contributed by atoms with Gasteiger partial charge in [-0.15, -0.1) is 0 Å². The molecule has 1 aromatic rings. The quantitative estimate of drug-likeness (QED) is 0.717. The van der Waals surface area contributed by atoms with Gasteiger partial charge in [0.25, 0.3) is 5.91 Å². The molecule has 5 heteroatoms. The van der Waals surface area contributed by atoms with E-state index in [0.717, 1.165) is 6.42 Å².